The standard InChI is InChI=1S/C17H21N3O2S2/c1-3-9-20-16(22)13-11-7-5-4-6-8-12(11)24-15(13)19-17(20)23-10(2)14(18)21/h3,10H,1,4-9H2,2H3,(H2,18,21)/t10-/m0/s1. The van der Waals surface area contributed by atoms with Gasteiger partial charge in [-0.3, -0.25) is 14.2 Å². The third-order valence-corrected chi connectivity index (χ3v) is 6.58. The summed E-state index contributed by atoms with van der Waals surface area (Å²) in [6.45, 7) is 5.84. The second kappa shape index (κ2) is 7.11. The van der Waals surface area contributed by atoms with Gasteiger partial charge in [-0.15, -0.1) is 17.9 Å². The van der Waals surface area contributed by atoms with Gasteiger partial charge in [0.25, 0.3) is 5.56 Å². The normalized spacial score (nSPS) is 15.7. The number of hydrogen-bond donors (Lipinski definition) is 1. The lowest BCUT2D eigenvalue weighted by Crippen LogP contribution is -2.27. The molecule has 2 aromatic rings. The zero-order chi connectivity index (χ0) is 17.3. The molecule has 24 heavy (non-hydrogen) atoms. The molecule has 0 aromatic carbocycles. The summed E-state index contributed by atoms with van der Waals surface area (Å²) < 4.78 is 1.61. The molecule has 3 rings (SSSR count). The molecule has 0 aliphatic heterocycles. The Morgan fingerprint density at radius 1 is 1.46 bits per heavy atom. The molecule has 0 saturated carbocycles. The summed E-state index contributed by atoms with van der Waals surface area (Å²) in [5.74, 6) is -0.415. The zero-order valence-electron chi connectivity index (χ0n) is 13.7. The molecule has 0 fully saturated rings. The molecule has 2 N–H and O–H groups in total. The molecule has 1 amide bonds. The maximum atomic E-state index is 13.1. The lowest BCUT2D eigenvalue weighted by atomic mass is 10.1. The number of thioether (sulfide) groups is 1. The second-order valence-corrected chi connectivity index (χ2v) is 8.40. The van der Waals surface area contributed by atoms with E-state index in [1.807, 2.05) is 0 Å². The fourth-order valence-corrected chi connectivity index (χ4v) is 5.16. The minimum atomic E-state index is -0.441. The smallest absolute Gasteiger partial charge is 0.263 e. The van der Waals surface area contributed by atoms with Gasteiger partial charge in [-0.2, -0.15) is 0 Å². The van der Waals surface area contributed by atoms with Gasteiger partial charge in [-0.1, -0.05) is 24.3 Å². The minimum absolute atomic E-state index is 0.0292. The van der Waals surface area contributed by atoms with Crippen molar-refractivity contribution < 1.29 is 4.79 Å². The van der Waals surface area contributed by atoms with E-state index in [2.05, 4.69) is 6.58 Å². The summed E-state index contributed by atoms with van der Waals surface area (Å²) in [6.07, 6.45) is 7.15. The molecule has 0 bridgehead atoms. The van der Waals surface area contributed by atoms with Gasteiger partial charge in [0, 0.05) is 11.4 Å². The fourth-order valence-electron chi connectivity index (χ4n) is 2.99. The summed E-state index contributed by atoms with van der Waals surface area (Å²) in [6, 6.07) is 0. The summed E-state index contributed by atoms with van der Waals surface area (Å²) in [4.78, 5) is 31.3. The van der Waals surface area contributed by atoms with Crippen molar-refractivity contribution >= 4 is 39.2 Å². The van der Waals surface area contributed by atoms with Crippen molar-refractivity contribution in [1.82, 2.24) is 9.55 Å². The molecule has 2 heterocycles. The summed E-state index contributed by atoms with van der Waals surface area (Å²) in [7, 11) is 0. The van der Waals surface area contributed by atoms with E-state index in [0.717, 1.165) is 29.5 Å². The molecule has 5 nitrogen and oxygen atoms in total. The van der Waals surface area contributed by atoms with Crippen molar-refractivity contribution in [1.29, 1.82) is 0 Å². The molecule has 7 heteroatoms. The highest BCUT2D eigenvalue weighted by atomic mass is 32.2. The van der Waals surface area contributed by atoms with E-state index in [1.54, 1.807) is 28.9 Å². The highest BCUT2D eigenvalue weighted by molar-refractivity contribution is 8.00. The number of primary amides is 1. The molecule has 0 spiro atoms. The zero-order valence-corrected chi connectivity index (χ0v) is 15.3. The maximum Gasteiger partial charge on any atom is 0.263 e. The van der Waals surface area contributed by atoms with Gasteiger partial charge in [-0.25, -0.2) is 4.98 Å². The van der Waals surface area contributed by atoms with Crippen molar-refractivity contribution in [3.63, 3.8) is 0 Å². The van der Waals surface area contributed by atoms with Crippen LogP contribution in [-0.4, -0.2) is 20.7 Å². The molecule has 0 radical (unpaired) electrons. The van der Waals surface area contributed by atoms with Crippen LogP contribution >= 0.6 is 23.1 Å². The highest BCUT2D eigenvalue weighted by Crippen LogP contribution is 2.34. The number of aromatic nitrogens is 2. The van der Waals surface area contributed by atoms with Crippen LogP contribution in [0.5, 0.6) is 0 Å². The first-order valence-corrected chi connectivity index (χ1v) is 9.84. The predicted molar refractivity (Wildman–Crippen MR) is 99.8 cm³/mol. The van der Waals surface area contributed by atoms with E-state index >= 15 is 0 Å². The minimum Gasteiger partial charge on any atom is -0.369 e. The SMILES string of the molecule is C=CCn1c(S[C@@H](C)C(N)=O)nc2sc3c(c2c1=O)CCCCC3. The van der Waals surface area contributed by atoms with Crippen LogP contribution in [-0.2, 0) is 24.2 Å². The van der Waals surface area contributed by atoms with Crippen molar-refractivity contribution in [2.75, 3.05) is 0 Å². The highest BCUT2D eigenvalue weighted by Gasteiger charge is 2.22. The molecule has 2 aromatic heterocycles. The Kier molecular flexibility index (Phi) is 5.10. The summed E-state index contributed by atoms with van der Waals surface area (Å²) >= 11 is 2.86. The van der Waals surface area contributed by atoms with Gasteiger partial charge in [-0.05, 0) is 38.2 Å². The molecule has 1 aliphatic rings. The van der Waals surface area contributed by atoms with Crippen LogP contribution in [0.4, 0.5) is 0 Å². The van der Waals surface area contributed by atoms with Crippen molar-refractivity contribution in [3.8, 4) is 0 Å². The van der Waals surface area contributed by atoms with Crippen LogP contribution in [0.25, 0.3) is 10.2 Å². The fraction of sp³-hybridized carbons (Fsp3) is 0.471. The largest absolute Gasteiger partial charge is 0.369 e. The van der Waals surface area contributed by atoms with Crippen molar-refractivity contribution in [2.45, 2.75) is 56.0 Å². The van der Waals surface area contributed by atoms with Crippen molar-refractivity contribution in [2.24, 2.45) is 5.73 Å². The van der Waals surface area contributed by atoms with Crippen molar-refractivity contribution in [3.05, 3.63) is 33.4 Å². The number of amides is 1. The third kappa shape index (κ3) is 3.15. The Bertz CT molecular complexity index is 854. The number of carbonyl (C=O) groups excluding carboxylic acids is 1. The Morgan fingerprint density at radius 2 is 2.21 bits per heavy atom. The Hall–Kier alpha value is -1.60. The van der Waals surface area contributed by atoms with E-state index in [-0.39, 0.29) is 5.56 Å². The van der Waals surface area contributed by atoms with E-state index in [9.17, 15) is 9.59 Å². The summed E-state index contributed by atoms with van der Waals surface area (Å²) in [5.41, 5.74) is 6.52. The van der Waals surface area contributed by atoms with E-state index in [0.29, 0.717) is 11.7 Å². The van der Waals surface area contributed by atoms with Crippen LogP contribution in [0.2, 0.25) is 0 Å². The number of thiophene rings is 1. The number of rotatable bonds is 5. The van der Waals surface area contributed by atoms with E-state index in [1.165, 1.54) is 35.0 Å². The third-order valence-electron chi connectivity index (χ3n) is 4.28. The number of fused-ring (bicyclic) bond motifs is 3. The van der Waals surface area contributed by atoms with Crippen LogP contribution < -0.4 is 11.3 Å². The number of allylic oxidation sites excluding steroid dienone is 1. The van der Waals surface area contributed by atoms with Gasteiger partial charge < -0.3 is 5.73 Å². The lowest BCUT2D eigenvalue weighted by Gasteiger charge is -2.12. The molecule has 128 valence electrons. The molecule has 0 saturated heterocycles. The molecular formula is C17H21N3O2S2. The van der Waals surface area contributed by atoms with Crippen LogP contribution in [0.3, 0.4) is 0 Å². The quantitative estimate of drug-likeness (QED) is 0.383. The van der Waals surface area contributed by atoms with Gasteiger partial charge in [0.2, 0.25) is 5.91 Å². The topological polar surface area (TPSA) is 78.0 Å². The van der Waals surface area contributed by atoms with Gasteiger partial charge in [0.05, 0.1) is 10.6 Å². The molecule has 0 unspecified atom stereocenters. The van der Waals surface area contributed by atoms with E-state index < -0.39 is 11.2 Å². The Morgan fingerprint density at radius 3 is 2.92 bits per heavy atom. The second-order valence-electron chi connectivity index (χ2n) is 6.01. The summed E-state index contributed by atoms with van der Waals surface area (Å²) in [5, 5.41) is 0.855. The van der Waals surface area contributed by atoms with E-state index in [4.69, 9.17) is 10.7 Å². The van der Waals surface area contributed by atoms with Crippen LogP contribution in [0.15, 0.2) is 22.6 Å². The average molecular weight is 364 g/mol. The molecular weight excluding hydrogens is 342 g/mol. The van der Waals surface area contributed by atoms with Gasteiger partial charge >= 0.3 is 0 Å². The van der Waals surface area contributed by atoms with Gasteiger partial charge in [0.15, 0.2) is 5.16 Å². The Balaban J connectivity index is 2.19. The molecule has 1 aliphatic carbocycles. The number of carbonyl (C=O) groups is 1. The van der Waals surface area contributed by atoms with Gasteiger partial charge in [0.1, 0.15) is 4.83 Å². The maximum absolute atomic E-state index is 13.1. The Labute approximate surface area is 149 Å². The number of nitrogens with zero attached hydrogens (tertiary/aromatic N) is 2. The number of nitrogens with two attached hydrogens (primary N) is 1. The number of hydrogen-bond acceptors (Lipinski definition) is 5. The first kappa shape index (κ1) is 17.2. The monoisotopic (exact) mass is 363 g/mol. The van der Waals surface area contributed by atoms with Crippen LogP contribution in [0.1, 0.15) is 36.6 Å². The van der Waals surface area contributed by atoms with Crippen LogP contribution in [0, 0.1) is 0 Å². The first-order chi connectivity index (χ1) is 11.5. The first-order valence-electron chi connectivity index (χ1n) is 8.15. The molecule has 1 atom stereocenters. The lowest BCUT2D eigenvalue weighted by molar-refractivity contribution is -0.117. The number of aryl methyl sites for hydroxylation is 2. The average Bonchev–Trinajstić information content (AvgIpc) is 2.72. The predicted octanol–water partition coefficient (Wildman–Crippen LogP) is 2.88.